The lowest BCUT2D eigenvalue weighted by molar-refractivity contribution is 0.412. The summed E-state index contributed by atoms with van der Waals surface area (Å²) < 4.78 is 30.3. The topological polar surface area (TPSA) is 72.6 Å². The zero-order chi connectivity index (χ0) is 14.6. The van der Waals surface area contributed by atoms with Gasteiger partial charge in [0, 0.05) is 13.1 Å². The summed E-state index contributed by atoms with van der Waals surface area (Å²) in [5.74, 6) is 6.63. The first-order valence-electron chi connectivity index (χ1n) is 6.40. The number of ether oxygens (including phenoxy) is 1. The Morgan fingerprint density at radius 1 is 1.45 bits per heavy atom. The van der Waals surface area contributed by atoms with Crippen LogP contribution in [0.4, 0.5) is 0 Å². The van der Waals surface area contributed by atoms with Crippen LogP contribution < -0.4 is 10.5 Å². The minimum Gasteiger partial charge on any atom is -0.495 e. The van der Waals surface area contributed by atoms with Crippen LogP contribution in [0.15, 0.2) is 18.2 Å². The minimum absolute atomic E-state index is 0.239. The average Bonchev–Trinajstić information content (AvgIpc) is 2.76. The molecule has 0 aliphatic carbocycles. The molecule has 6 heteroatoms. The maximum atomic E-state index is 11.8. The summed E-state index contributed by atoms with van der Waals surface area (Å²) in [6.07, 6.45) is 0.693. The van der Waals surface area contributed by atoms with Crippen molar-refractivity contribution < 1.29 is 13.2 Å². The molecule has 1 aromatic rings. The lowest BCUT2D eigenvalue weighted by atomic mass is 10.1. The van der Waals surface area contributed by atoms with Crippen molar-refractivity contribution in [3.8, 4) is 17.6 Å². The van der Waals surface area contributed by atoms with Gasteiger partial charge >= 0.3 is 0 Å². The molecule has 0 bridgehead atoms. The van der Waals surface area contributed by atoms with E-state index in [1.165, 1.54) is 4.31 Å². The number of nitrogens with zero attached hydrogens (tertiary/aromatic N) is 1. The Labute approximate surface area is 119 Å². The number of benzene rings is 1. The van der Waals surface area contributed by atoms with E-state index in [9.17, 15) is 8.42 Å². The molecule has 0 radical (unpaired) electrons. The fourth-order valence-electron chi connectivity index (χ4n) is 2.17. The average molecular weight is 294 g/mol. The molecular weight excluding hydrogens is 276 g/mol. The molecule has 108 valence electrons. The van der Waals surface area contributed by atoms with Gasteiger partial charge in [-0.3, -0.25) is 0 Å². The largest absolute Gasteiger partial charge is 0.495 e. The first-order chi connectivity index (χ1) is 9.56. The second-order valence-electron chi connectivity index (χ2n) is 4.54. The fraction of sp³-hybridized carbons (Fsp3) is 0.429. The standard InChI is InChI=1S/C14H18N2O3S/c1-19-14-6-5-12(10-13(14)4-2-7-15)11-16-8-3-9-20(16,17)18/h5-6,10H,3,7-9,11,15H2,1H3. The monoisotopic (exact) mass is 294 g/mol. The van der Waals surface area contributed by atoms with Gasteiger partial charge in [-0.1, -0.05) is 17.9 Å². The van der Waals surface area contributed by atoms with Crippen LogP contribution in [0.3, 0.4) is 0 Å². The predicted octanol–water partition coefficient (Wildman–Crippen LogP) is 0.541. The highest BCUT2D eigenvalue weighted by Crippen LogP contribution is 2.22. The van der Waals surface area contributed by atoms with Crippen LogP contribution in [0.1, 0.15) is 17.5 Å². The molecule has 0 unspecified atom stereocenters. The van der Waals surface area contributed by atoms with E-state index in [4.69, 9.17) is 10.5 Å². The molecule has 1 fully saturated rings. The minimum atomic E-state index is -3.08. The molecule has 1 aliphatic heterocycles. The van der Waals surface area contributed by atoms with Crippen LogP contribution in [-0.2, 0) is 16.6 Å². The third kappa shape index (κ3) is 3.31. The summed E-state index contributed by atoms with van der Waals surface area (Å²) in [7, 11) is -1.51. The van der Waals surface area contributed by atoms with Crippen molar-refractivity contribution in [3.63, 3.8) is 0 Å². The molecular formula is C14H18N2O3S. The van der Waals surface area contributed by atoms with E-state index in [1.54, 1.807) is 13.2 Å². The first-order valence-corrected chi connectivity index (χ1v) is 8.01. The van der Waals surface area contributed by atoms with E-state index < -0.39 is 10.0 Å². The smallest absolute Gasteiger partial charge is 0.214 e. The Bertz CT molecular complexity index is 644. The van der Waals surface area contributed by atoms with Crippen LogP contribution in [0.5, 0.6) is 5.75 Å². The Kier molecular flexibility index (Phi) is 4.65. The molecule has 0 amide bonds. The molecule has 2 rings (SSSR count). The van der Waals surface area contributed by atoms with E-state index in [0.29, 0.717) is 25.3 Å². The molecule has 20 heavy (non-hydrogen) atoms. The molecule has 0 atom stereocenters. The van der Waals surface area contributed by atoms with Crippen molar-refractivity contribution in [2.45, 2.75) is 13.0 Å². The van der Waals surface area contributed by atoms with Crippen LogP contribution in [-0.4, -0.2) is 38.7 Å². The van der Waals surface area contributed by atoms with Gasteiger partial charge in [-0.25, -0.2) is 8.42 Å². The zero-order valence-electron chi connectivity index (χ0n) is 11.4. The Balaban J connectivity index is 2.25. The van der Waals surface area contributed by atoms with Gasteiger partial charge in [0.2, 0.25) is 10.0 Å². The zero-order valence-corrected chi connectivity index (χ0v) is 12.2. The van der Waals surface area contributed by atoms with Gasteiger partial charge in [0.05, 0.1) is 25.0 Å². The summed E-state index contributed by atoms with van der Waals surface area (Å²) in [6, 6.07) is 5.52. The van der Waals surface area contributed by atoms with E-state index in [1.807, 2.05) is 12.1 Å². The highest BCUT2D eigenvalue weighted by molar-refractivity contribution is 7.89. The predicted molar refractivity (Wildman–Crippen MR) is 77.7 cm³/mol. The third-order valence-corrected chi connectivity index (χ3v) is 5.05. The van der Waals surface area contributed by atoms with Crippen molar-refractivity contribution in [2.24, 2.45) is 5.73 Å². The van der Waals surface area contributed by atoms with Crippen LogP contribution in [0.2, 0.25) is 0 Å². The summed E-state index contributed by atoms with van der Waals surface area (Å²) in [4.78, 5) is 0. The van der Waals surface area contributed by atoms with Gasteiger partial charge in [-0.2, -0.15) is 4.31 Å². The molecule has 0 aromatic heterocycles. The van der Waals surface area contributed by atoms with E-state index in [2.05, 4.69) is 11.8 Å². The van der Waals surface area contributed by atoms with E-state index in [-0.39, 0.29) is 12.3 Å². The normalized spacial score (nSPS) is 17.5. The molecule has 2 N–H and O–H groups in total. The SMILES string of the molecule is COc1ccc(CN2CCCS2(=O)=O)cc1C#CCN. The van der Waals surface area contributed by atoms with Gasteiger partial charge in [-0.15, -0.1) is 0 Å². The van der Waals surface area contributed by atoms with Gasteiger partial charge in [0.25, 0.3) is 0 Å². The molecule has 1 aliphatic rings. The molecule has 5 nitrogen and oxygen atoms in total. The number of methoxy groups -OCH3 is 1. The summed E-state index contributed by atoms with van der Waals surface area (Å²) in [5.41, 5.74) is 7.00. The van der Waals surface area contributed by atoms with Crippen molar-refractivity contribution in [3.05, 3.63) is 29.3 Å². The third-order valence-electron chi connectivity index (χ3n) is 3.15. The van der Waals surface area contributed by atoms with Crippen molar-refractivity contribution >= 4 is 10.0 Å². The second-order valence-corrected chi connectivity index (χ2v) is 6.63. The van der Waals surface area contributed by atoms with Crippen molar-refractivity contribution in [2.75, 3.05) is 26.0 Å². The molecule has 0 saturated carbocycles. The maximum Gasteiger partial charge on any atom is 0.214 e. The highest BCUT2D eigenvalue weighted by atomic mass is 32.2. The van der Waals surface area contributed by atoms with Crippen LogP contribution >= 0.6 is 0 Å². The first kappa shape index (κ1) is 14.9. The Hall–Kier alpha value is -1.55. The van der Waals surface area contributed by atoms with Crippen LogP contribution in [0, 0.1) is 11.8 Å². The molecule has 1 aromatic carbocycles. The number of hydrogen-bond acceptors (Lipinski definition) is 4. The molecule has 0 spiro atoms. The van der Waals surface area contributed by atoms with Gasteiger partial charge in [0.15, 0.2) is 0 Å². The fourth-order valence-corrected chi connectivity index (χ4v) is 3.68. The van der Waals surface area contributed by atoms with Gasteiger partial charge < -0.3 is 10.5 Å². The lowest BCUT2D eigenvalue weighted by Gasteiger charge is -2.15. The van der Waals surface area contributed by atoms with Crippen molar-refractivity contribution in [1.82, 2.24) is 4.31 Å². The Morgan fingerprint density at radius 2 is 2.25 bits per heavy atom. The van der Waals surface area contributed by atoms with Crippen LogP contribution in [0.25, 0.3) is 0 Å². The number of sulfonamides is 1. The van der Waals surface area contributed by atoms with E-state index in [0.717, 1.165) is 11.1 Å². The summed E-state index contributed by atoms with van der Waals surface area (Å²) in [6.45, 7) is 1.23. The van der Waals surface area contributed by atoms with E-state index >= 15 is 0 Å². The van der Waals surface area contributed by atoms with Crippen molar-refractivity contribution in [1.29, 1.82) is 0 Å². The highest BCUT2D eigenvalue weighted by Gasteiger charge is 2.28. The summed E-state index contributed by atoms with van der Waals surface area (Å²) in [5, 5.41) is 0. The van der Waals surface area contributed by atoms with Gasteiger partial charge in [-0.05, 0) is 24.1 Å². The summed E-state index contributed by atoms with van der Waals surface area (Å²) >= 11 is 0. The number of rotatable bonds is 3. The quantitative estimate of drug-likeness (QED) is 0.826. The number of nitrogens with two attached hydrogens (primary N) is 1. The number of hydrogen-bond donors (Lipinski definition) is 1. The molecule has 1 saturated heterocycles. The second kappa shape index (κ2) is 6.27. The van der Waals surface area contributed by atoms with Gasteiger partial charge in [0.1, 0.15) is 5.75 Å². The Morgan fingerprint density at radius 3 is 2.85 bits per heavy atom. The molecule has 1 heterocycles. The lowest BCUT2D eigenvalue weighted by Crippen LogP contribution is -2.25. The maximum absolute atomic E-state index is 11.8.